The summed E-state index contributed by atoms with van der Waals surface area (Å²) in [4.78, 5) is 38.8. The average molecular weight is 694 g/mol. The first-order valence-corrected chi connectivity index (χ1v) is 16.6. The van der Waals surface area contributed by atoms with Crippen molar-refractivity contribution in [3.8, 4) is 0 Å². The number of rotatable bonds is 6. The molecule has 2 aromatic carbocycles. The molecule has 3 heterocycles. The summed E-state index contributed by atoms with van der Waals surface area (Å²) >= 11 is 15.8. The fourth-order valence-corrected chi connectivity index (χ4v) is 8.31. The highest BCUT2D eigenvalue weighted by Gasteiger charge is 2.54. The molecule has 1 unspecified atom stereocenters. The minimum absolute atomic E-state index is 0.0465. The number of halogens is 3. The number of hydrogen-bond acceptors (Lipinski definition) is 6. The van der Waals surface area contributed by atoms with Crippen molar-refractivity contribution in [2.75, 3.05) is 18.0 Å². The van der Waals surface area contributed by atoms with Crippen LogP contribution in [0.1, 0.15) is 25.3 Å². The number of carbonyl (C=O) groups is 1. The topological polar surface area (TPSA) is 153 Å². The summed E-state index contributed by atoms with van der Waals surface area (Å²) in [5, 5.41) is 8.37. The van der Waals surface area contributed by atoms with Crippen molar-refractivity contribution in [2.45, 2.75) is 42.1 Å². The van der Waals surface area contributed by atoms with E-state index in [4.69, 9.17) is 23.2 Å². The summed E-state index contributed by atoms with van der Waals surface area (Å²) in [5.41, 5.74) is -0.376. The normalized spacial score (nSPS) is 21.6. The SMILES string of the molecule is CC1(Cc2ccc(Br)cc2)C(=O)N(c2cc(Cl)cc(Cl)c2)c2ncc(S(=O)(=O)N3CCC(O)(P(=O)(O)O)CC3)n21. The molecule has 3 aromatic rings. The van der Waals surface area contributed by atoms with Gasteiger partial charge in [-0.3, -0.25) is 13.9 Å². The van der Waals surface area contributed by atoms with Crippen LogP contribution in [0.4, 0.5) is 11.6 Å². The Kier molecular flexibility index (Phi) is 7.55. The fourth-order valence-electron chi connectivity index (χ4n) is 5.12. The highest BCUT2D eigenvalue weighted by Crippen LogP contribution is 2.54. The molecule has 2 aliphatic rings. The molecule has 1 aromatic heterocycles. The Morgan fingerprint density at radius 1 is 1.07 bits per heavy atom. The number of imidazole rings is 1. The number of aromatic nitrogens is 2. The summed E-state index contributed by atoms with van der Waals surface area (Å²) in [7, 11) is -9.21. The van der Waals surface area contributed by atoms with Gasteiger partial charge in [-0.2, -0.15) is 4.31 Å². The van der Waals surface area contributed by atoms with Gasteiger partial charge in [0.05, 0.1) is 11.9 Å². The fraction of sp³-hybridized carbons (Fsp3) is 0.333. The zero-order valence-electron chi connectivity index (χ0n) is 20.9. The van der Waals surface area contributed by atoms with E-state index in [0.29, 0.717) is 5.69 Å². The van der Waals surface area contributed by atoms with Crippen LogP contribution in [0, 0.1) is 0 Å². The van der Waals surface area contributed by atoms with E-state index in [0.717, 1.165) is 20.5 Å². The van der Waals surface area contributed by atoms with Gasteiger partial charge in [-0.15, -0.1) is 0 Å². The first-order chi connectivity index (χ1) is 18.6. The lowest BCUT2D eigenvalue weighted by Gasteiger charge is -2.37. The number of aliphatic hydroxyl groups is 1. The first kappa shape index (κ1) is 29.7. The molecule has 5 rings (SSSR count). The molecule has 16 heteroatoms. The Bertz CT molecular complexity index is 1640. The molecule has 0 aliphatic carbocycles. The highest BCUT2D eigenvalue weighted by atomic mass is 79.9. The van der Waals surface area contributed by atoms with Gasteiger partial charge in [-0.05, 0) is 42.8 Å². The van der Waals surface area contributed by atoms with Crippen LogP contribution in [0.5, 0.6) is 0 Å². The van der Waals surface area contributed by atoms with Gasteiger partial charge in [0.25, 0.3) is 15.9 Å². The second-order valence-corrected chi connectivity index (χ2v) is 15.6. The maximum Gasteiger partial charge on any atom is 0.356 e. The molecule has 11 nitrogen and oxygen atoms in total. The van der Waals surface area contributed by atoms with Crippen LogP contribution in [0.3, 0.4) is 0 Å². The predicted octanol–water partition coefficient (Wildman–Crippen LogP) is 4.24. The molecule has 1 atom stereocenters. The quantitative estimate of drug-likeness (QED) is 0.324. The number of fused-ring (bicyclic) bond motifs is 1. The predicted molar refractivity (Wildman–Crippen MR) is 152 cm³/mol. The van der Waals surface area contributed by atoms with E-state index in [2.05, 4.69) is 20.9 Å². The van der Waals surface area contributed by atoms with Crippen molar-refractivity contribution in [1.29, 1.82) is 0 Å². The standard InChI is InChI=1S/C24H24BrCl2N4O7PS/c1-23(13-15-2-4-16(25)5-3-15)21(32)30(19-11-17(26)10-18(27)12-19)22-28-14-20(31(22)23)40(37,38)29-8-6-24(33,7-9-29)39(34,35)36/h2-5,10-12,14,33H,6-9,13H2,1H3,(H2,34,35,36). The Morgan fingerprint density at radius 3 is 2.20 bits per heavy atom. The molecule has 0 bridgehead atoms. The molecule has 1 amide bonds. The van der Waals surface area contributed by atoms with Crippen LogP contribution >= 0.6 is 46.7 Å². The number of piperidine rings is 1. The second-order valence-electron chi connectivity index (χ2n) is 10.0. The van der Waals surface area contributed by atoms with Crippen molar-refractivity contribution in [3.63, 3.8) is 0 Å². The number of hydrogen-bond donors (Lipinski definition) is 3. The van der Waals surface area contributed by atoms with Gasteiger partial charge in [0.1, 0.15) is 5.54 Å². The lowest BCUT2D eigenvalue weighted by Crippen LogP contribution is -2.47. The van der Waals surface area contributed by atoms with Crippen LogP contribution in [-0.2, 0) is 31.3 Å². The largest absolute Gasteiger partial charge is 0.377 e. The van der Waals surface area contributed by atoms with E-state index in [1.807, 2.05) is 24.3 Å². The Morgan fingerprint density at radius 2 is 1.65 bits per heavy atom. The highest BCUT2D eigenvalue weighted by molar-refractivity contribution is 9.10. The summed E-state index contributed by atoms with van der Waals surface area (Å²) in [6.07, 6.45) is 0.354. The van der Waals surface area contributed by atoms with Crippen LogP contribution in [0.25, 0.3) is 0 Å². The summed E-state index contributed by atoms with van der Waals surface area (Å²) in [6.45, 7) is 0.946. The number of anilines is 2. The van der Waals surface area contributed by atoms with Crippen LogP contribution in [-0.4, -0.2) is 61.5 Å². The second kappa shape index (κ2) is 10.2. The minimum atomic E-state index is -4.89. The van der Waals surface area contributed by atoms with Crippen LogP contribution in [0.15, 0.2) is 58.2 Å². The van der Waals surface area contributed by atoms with Crippen LogP contribution in [0.2, 0.25) is 10.0 Å². The molecule has 3 N–H and O–H groups in total. The maximum absolute atomic E-state index is 14.1. The van der Waals surface area contributed by atoms with Gasteiger partial charge in [0.2, 0.25) is 5.95 Å². The number of amides is 1. The van der Waals surface area contributed by atoms with E-state index in [-0.39, 0.29) is 40.5 Å². The Balaban J connectivity index is 1.61. The van der Waals surface area contributed by atoms with Crippen molar-refractivity contribution in [3.05, 3.63) is 68.7 Å². The zero-order chi connectivity index (χ0) is 29.3. The van der Waals surface area contributed by atoms with Gasteiger partial charge in [-0.25, -0.2) is 18.3 Å². The molecule has 1 fully saturated rings. The van der Waals surface area contributed by atoms with E-state index in [9.17, 15) is 32.7 Å². The van der Waals surface area contributed by atoms with E-state index >= 15 is 0 Å². The smallest absolute Gasteiger partial charge is 0.356 e. The summed E-state index contributed by atoms with van der Waals surface area (Å²) in [6, 6.07) is 11.8. The molecule has 0 spiro atoms. The molecule has 1 saturated heterocycles. The Labute approximate surface area is 248 Å². The van der Waals surface area contributed by atoms with Gasteiger partial charge < -0.3 is 14.9 Å². The zero-order valence-corrected chi connectivity index (χ0v) is 25.7. The Hall–Kier alpha value is -1.80. The molecular formula is C24H24BrCl2N4O7PS. The van der Waals surface area contributed by atoms with E-state index in [1.165, 1.54) is 27.7 Å². The number of sulfonamides is 1. The van der Waals surface area contributed by atoms with Crippen molar-refractivity contribution >= 4 is 74.3 Å². The number of carbonyl (C=O) groups excluding carboxylic acids is 1. The van der Waals surface area contributed by atoms with E-state index in [1.54, 1.807) is 6.92 Å². The lowest BCUT2D eigenvalue weighted by atomic mass is 9.92. The number of benzene rings is 2. The average Bonchev–Trinajstić information content (AvgIpc) is 3.38. The number of nitrogens with zero attached hydrogens (tertiary/aromatic N) is 4. The summed E-state index contributed by atoms with van der Waals surface area (Å²) in [5.74, 6) is -0.409. The lowest BCUT2D eigenvalue weighted by molar-refractivity contribution is -0.124. The van der Waals surface area contributed by atoms with E-state index < -0.39 is 47.2 Å². The molecule has 2 aliphatic heterocycles. The maximum atomic E-state index is 14.1. The molecule has 0 radical (unpaired) electrons. The molecule has 0 saturated carbocycles. The van der Waals surface area contributed by atoms with Gasteiger partial charge in [-0.1, -0.05) is 51.3 Å². The van der Waals surface area contributed by atoms with Crippen molar-refractivity contribution in [2.24, 2.45) is 0 Å². The summed E-state index contributed by atoms with van der Waals surface area (Å²) < 4.78 is 42.9. The molecular weight excluding hydrogens is 670 g/mol. The van der Waals surface area contributed by atoms with Gasteiger partial charge >= 0.3 is 7.60 Å². The monoisotopic (exact) mass is 692 g/mol. The first-order valence-electron chi connectivity index (χ1n) is 12.0. The minimum Gasteiger partial charge on any atom is -0.377 e. The van der Waals surface area contributed by atoms with Crippen molar-refractivity contribution in [1.82, 2.24) is 13.9 Å². The third-order valence-electron chi connectivity index (χ3n) is 7.30. The third-order valence-corrected chi connectivity index (χ3v) is 11.7. The van der Waals surface area contributed by atoms with Crippen LogP contribution < -0.4 is 4.90 Å². The molecule has 214 valence electrons. The van der Waals surface area contributed by atoms with Gasteiger partial charge in [0, 0.05) is 46.9 Å². The van der Waals surface area contributed by atoms with Gasteiger partial charge in [0.15, 0.2) is 10.4 Å². The van der Waals surface area contributed by atoms with Crippen molar-refractivity contribution < 1.29 is 32.7 Å². The third kappa shape index (κ3) is 4.95. The molecule has 40 heavy (non-hydrogen) atoms.